The summed E-state index contributed by atoms with van der Waals surface area (Å²) in [5.74, 6) is -4.52. The van der Waals surface area contributed by atoms with Crippen molar-refractivity contribution in [1.29, 1.82) is 0 Å². The molecule has 2 aromatic carbocycles. The van der Waals surface area contributed by atoms with Gasteiger partial charge in [0.1, 0.15) is 6.02 Å². The zero-order valence-electron chi connectivity index (χ0n) is 29.5. The van der Waals surface area contributed by atoms with Gasteiger partial charge in [0.25, 0.3) is 5.91 Å². The van der Waals surface area contributed by atoms with Crippen LogP contribution in [0, 0.1) is 0 Å². The second-order valence-electron chi connectivity index (χ2n) is 7.58. The Morgan fingerprint density at radius 1 is 1.15 bits per heavy atom. The van der Waals surface area contributed by atoms with Crippen molar-refractivity contribution in [2.75, 3.05) is 31.6 Å². The number of nitrogens with zero attached hydrogens (tertiary/aromatic N) is 2. The number of carbonyl (C=O) groups excluding carboxylic acids is 3. The van der Waals surface area contributed by atoms with E-state index in [0.717, 1.165) is 0 Å². The number of rotatable bonds is 6. The summed E-state index contributed by atoms with van der Waals surface area (Å²) in [5, 5.41) is 4.40. The molecule has 3 heterocycles. The van der Waals surface area contributed by atoms with Crippen molar-refractivity contribution in [1.82, 2.24) is 15.1 Å². The van der Waals surface area contributed by atoms with Gasteiger partial charge >= 0.3 is 0 Å². The van der Waals surface area contributed by atoms with Gasteiger partial charge in [-0.25, -0.2) is 0 Å². The molecule has 33 heavy (non-hydrogen) atoms. The molecule has 3 aliphatic rings. The zero-order chi connectivity index (χ0) is 33.4. The van der Waals surface area contributed by atoms with E-state index in [-0.39, 0.29) is 41.0 Å². The fourth-order valence-electron chi connectivity index (χ4n) is 3.78. The number of hydrogen-bond acceptors (Lipinski definition) is 6. The molecular formula is C25H28N4O4. The van der Waals surface area contributed by atoms with Crippen LogP contribution >= 0.6 is 0 Å². The van der Waals surface area contributed by atoms with Gasteiger partial charge < -0.3 is 15.0 Å². The van der Waals surface area contributed by atoms with Crippen molar-refractivity contribution in [2.24, 2.45) is 0 Å². The number of fused-ring (bicyclic) bond motifs is 1. The number of morpholine rings is 1. The number of imide groups is 1. The molecule has 1 atom stereocenters. The minimum absolute atomic E-state index is 0.0262. The molecule has 2 fully saturated rings. The highest BCUT2D eigenvalue weighted by molar-refractivity contribution is 6.06. The van der Waals surface area contributed by atoms with Crippen LogP contribution in [-0.2, 0) is 34.0 Å². The predicted molar refractivity (Wildman–Crippen MR) is 122 cm³/mol. The highest BCUT2D eigenvalue weighted by atomic mass is 16.5. The Morgan fingerprint density at radius 3 is 2.79 bits per heavy atom. The number of benzene rings is 2. The number of ether oxygens (including phenoxy) is 1. The molecule has 2 aromatic rings. The third-order valence-electron chi connectivity index (χ3n) is 5.42. The van der Waals surface area contributed by atoms with Crippen LogP contribution in [0.15, 0.2) is 42.3 Å². The highest BCUT2D eigenvalue weighted by Crippen LogP contribution is 2.32. The Hall–Kier alpha value is -3.23. The van der Waals surface area contributed by atoms with Crippen molar-refractivity contribution < 1.29 is 35.6 Å². The Bertz CT molecular complexity index is 1650. The monoisotopic (exact) mass is 460 g/mol. The average Bonchev–Trinajstić information content (AvgIpc) is 3.34. The van der Waals surface area contributed by atoms with Crippen LogP contribution in [0.2, 0.25) is 0 Å². The average molecular weight is 461 g/mol. The lowest BCUT2D eigenvalue weighted by molar-refractivity contribution is -0.136. The van der Waals surface area contributed by atoms with Crippen LogP contribution in [0.25, 0.3) is 0 Å². The van der Waals surface area contributed by atoms with Crippen molar-refractivity contribution >= 4 is 23.4 Å². The number of piperidine rings is 1. The topological polar surface area (TPSA) is 91.0 Å². The lowest BCUT2D eigenvalue weighted by atomic mass is 10.0. The number of anilines is 1. The molecule has 3 amide bonds. The molecule has 0 radical (unpaired) electrons. The maximum Gasteiger partial charge on any atom is 0.255 e. The van der Waals surface area contributed by atoms with Crippen molar-refractivity contribution in [2.45, 2.75) is 38.4 Å². The van der Waals surface area contributed by atoms with Gasteiger partial charge in [0.05, 0.1) is 24.2 Å². The van der Waals surface area contributed by atoms with Crippen LogP contribution in [0.4, 0.5) is 5.69 Å². The maximum absolute atomic E-state index is 13.6. The lowest BCUT2D eigenvalue weighted by Crippen LogP contribution is -2.52. The Labute approximate surface area is 209 Å². The van der Waals surface area contributed by atoms with Gasteiger partial charge in [-0.3, -0.25) is 24.6 Å². The summed E-state index contributed by atoms with van der Waals surface area (Å²) in [5.41, 5.74) is -0.814. The molecule has 2 saturated heterocycles. The summed E-state index contributed by atoms with van der Waals surface area (Å²) >= 11 is 0. The minimum atomic E-state index is -3.57. The summed E-state index contributed by atoms with van der Waals surface area (Å²) in [4.78, 5) is 40.9. The van der Waals surface area contributed by atoms with E-state index in [0.29, 0.717) is 31.2 Å². The Kier molecular flexibility index (Phi) is 3.32. The van der Waals surface area contributed by atoms with Gasteiger partial charge in [0.2, 0.25) is 11.8 Å². The van der Waals surface area contributed by atoms with Crippen LogP contribution in [0.1, 0.15) is 56.2 Å². The SMILES string of the molecule is [2H]c1c([2H])c(CNc2c([2H])c([2H])c([2H])c3c2CN(C2([2H])C(=O)NC(=O)C([2H])([2H])C2([2H])[2H])C3=O)c([2H])c(CN2CCOCC2)c1[2H]. The van der Waals surface area contributed by atoms with Gasteiger partial charge in [0.15, 0.2) is 0 Å². The largest absolute Gasteiger partial charge is 0.381 e. The van der Waals surface area contributed by atoms with Crippen LogP contribution in [0.3, 0.4) is 0 Å². The summed E-state index contributed by atoms with van der Waals surface area (Å²) in [6, 6.07) is -6.77. The quantitative estimate of drug-likeness (QED) is 0.640. The van der Waals surface area contributed by atoms with Crippen molar-refractivity contribution in [3.05, 3.63) is 64.6 Å². The van der Waals surface area contributed by atoms with E-state index in [2.05, 4.69) is 5.32 Å². The van der Waals surface area contributed by atoms with Crippen molar-refractivity contribution in [3.8, 4) is 0 Å². The molecule has 0 bridgehead atoms. The van der Waals surface area contributed by atoms with E-state index in [9.17, 15) is 14.4 Å². The molecule has 1 unspecified atom stereocenters. The molecule has 0 aliphatic carbocycles. The van der Waals surface area contributed by atoms with Crippen molar-refractivity contribution in [3.63, 3.8) is 0 Å². The van der Waals surface area contributed by atoms with E-state index in [1.165, 1.54) is 0 Å². The van der Waals surface area contributed by atoms with Gasteiger partial charge in [0, 0.05) is 61.4 Å². The fourth-order valence-corrected chi connectivity index (χ4v) is 3.78. The van der Waals surface area contributed by atoms with E-state index >= 15 is 0 Å². The third-order valence-corrected chi connectivity index (χ3v) is 5.42. The maximum atomic E-state index is 13.6. The fraction of sp³-hybridized carbons (Fsp3) is 0.400. The molecule has 2 N–H and O–H groups in total. The number of carbonyl (C=O) groups is 3. The standard InChI is InChI=1S/C25H28N4O4/c30-23-8-7-22(24(31)27-23)29-16-20-19(25(29)32)5-2-6-21(20)26-14-17-3-1-4-18(13-17)15-28-9-11-33-12-10-28/h1-6,13,22,26H,7-12,14-16H2,(H,27,30,31)/i1D,2D,3D,4D,5D,6D,7D2,8D2,13D,22D. The number of hydrogen-bond donors (Lipinski definition) is 2. The van der Waals surface area contributed by atoms with Crippen LogP contribution in [0.5, 0.6) is 0 Å². The number of amides is 3. The summed E-state index contributed by atoms with van der Waals surface area (Å²) in [6.45, 7) is 0.961. The van der Waals surface area contributed by atoms with Gasteiger partial charge in [-0.2, -0.15) is 0 Å². The first-order chi connectivity index (χ1) is 20.9. The number of nitrogens with one attached hydrogen (secondary N) is 2. The molecule has 0 aromatic heterocycles. The van der Waals surface area contributed by atoms with E-state index in [1.807, 2.05) is 4.90 Å². The molecule has 172 valence electrons. The Morgan fingerprint density at radius 2 is 1.94 bits per heavy atom. The smallest absolute Gasteiger partial charge is 0.255 e. The molecule has 5 rings (SSSR count). The van der Waals surface area contributed by atoms with E-state index in [1.54, 1.807) is 5.32 Å². The lowest BCUT2D eigenvalue weighted by Gasteiger charge is -2.29. The van der Waals surface area contributed by atoms with Gasteiger partial charge in [-0.15, -0.1) is 0 Å². The minimum Gasteiger partial charge on any atom is -0.381 e. The van der Waals surface area contributed by atoms with Gasteiger partial charge in [-0.1, -0.05) is 30.2 Å². The van der Waals surface area contributed by atoms with Crippen LogP contribution < -0.4 is 10.6 Å². The third kappa shape index (κ3) is 4.62. The first kappa shape index (κ1) is 11.8. The molecule has 0 saturated carbocycles. The van der Waals surface area contributed by atoms with E-state index < -0.39 is 85.4 Å². The molecule has 3 aliphatic heterocycles. The summed E-state index contributed by atoms with van der Waals surface area (Å²) in [6.07, 6.45) is -6.99. The zero-order valence-corrected chi connectivity index (χ0v) is 17.5. The van der Waals surface area contributed by atoms with Crippen LogP contribution in [-0.4, -0.2) is 59.8 Å². The Balaban J connectivity index is 1.55. The summed E-state index contributed by atoms with van der Waals surface area (Å²) in [7, 11) is 0. The first-order valence-corrected chi connectivity index (χ1v) is 10.3. The molecule has 8 heteroatoms. The second kappa shape index (κ2) is 9.33. The molecule has 0 spiro atoms. The predicted octanol–water partition coefficient (Wildman–Crippen LogP) is 1.89. The first-order valence-electron chi connectivity index (χ1n) is 16.3. The second-order valence-corrected chi connectivity index (χ2v) is 7.58. The van der Waals surface area contributed by atoms with E-state index in [4.69, 9.17) is 21.2 Å². The molecular weight excluding hydrogens is 420 g/mol. The van der Waals surface area contributed by atoms with Gasteiger partial charge in [-0.05, 0) is 29.6 Å². The normalized spacial score (nSPS) is 31.6. The molecule has 8 nitrogen and oxygen atoms in total. The summed E-state index contributed by atoms with van der Waals surface area (Å²) < 4.78 is 106. The highest BCUT2D eigenvalue weighted by Gasteiger charge is 2.39.